The Morgan fingerprint density at radius 3 is 2.47 bits per heavy atom. The summed E-state index contributed by atoms with van der Waals surface area (Å²) in [5.41, 5.74) is 4.20. The van der Waals surface area contributed by atoms with Gasteiger partial charge in [-0.05, 0) is 36.6 Å². The third kappa shape index (κ3) is 4.17. The molecule has 6 nitrogen and oxygen atoms in total. The van der Waals surface area contributed by atoms with Crippen LogP contribution in [0, 0.1) is 0 Å². The van der Waals surface area contributed by atoms with Crippen LogP contribution in [0.4, 0.5) is 14.6 Å². The zero-order valence-corrected chi connectivity index (χ0v) is 19.5. The minimum Gasteiger partial charge on any atom is -0.346 e. The zero-order valence-electron chi connectivity index (χ0n) is 17.9. The van der Waals surface area contributed by atoms with Gasteiger partial charge in [0.25, 0.3) is 12.3 Å². The first-order valence-electron chi connectivity index (χ1n) is 10.9. The monoisotopic (exact) mass is 503 g/mol. The first-order valence-corrected chi connectivity index (χ1v) is 11.6. The molecule has 2 N–H and O–H groups in total. The number of nitrogens with zero attached hydrogens (tertiary/aromatic N) is 3. The fourth-order valence-electron chi connectivity index (χ4n) is 4.43. The van der Waals surface area contributed by atoms with Gasteiger partial charge in [0, 0.05) is 40.5 Å². The molecule has 34 heavy (non-hydrogen) atoms. The fourth-order valence-corrected chi connectivity index (χ4v) is 4.80. The summed E-state index contributed by atoms with van der Waals surface area (Å²) in [6.45, 7) is 1.35. The molecule has 1 aromatic heterocycles. The van der Waals surface area contributed by atoms with Gasteiger partial charge in [0.15, 0.2) is 0 Å². The van der Waals surface area contributed by atoms with E-state index in [0.29, 0.717) is 23.1 Å². The molecule has 10 heteroatoms. The molecule has 2 aliphatic rings. The van der Waals surface area contributed by atoms with Crippen molar-refractivity contribution in [3.63, 3.8) is 0 Å². The van der Waals surface area contributed by atoms with Gasteiger partial charge in [-0.25, -0.2) is 18.5 Å². The van der Waals surface area contributed by atoms with E-state index in [1.807, 2.05) is 18.2 Å². The molecule has 0 spiro atoms. The standard InChI is InChI=1S/C24H21Cl2F2N5O/c25-15-9-7-14(8-10-15)21-17(16-5-1-2-6-18(16)26)13-29-23-19(20(22(27)28)30-33(21)23)24(34)31-32-11-3-4-12-32/h1-2,5-10,13,21-22,29H,3-4,11-12H2,(H,31,34). The lowest BCUT2D eigenvalue weighted by Crippen LogP contribution is -2.40. The number of hydrogen-bond donors (Lipinski definition) is 2. The average molecular weight is 504 g/mol. The van der Waals surface area contributed by atoms with Gasteiger partial charge in [-0.1, -0.05) is 53.5 Å². The van der Waals surface area contributed by atoms with E-state index >= 15 is 0 Å². The Morgan fingerprint density at radius 2 is 1.79 bits per heavy atom. The highest BCUT2D eigenvalue weighted by atomic mass is 35.5. The third-order valence-electron chi connectivity index (χ3n) is 6.01. The number of allylic oxidation sites excluding steroid dienone is 1. The van der Waals surface area contributed by atoms with Crippen LogP contribution in [0.1, 0.15) is 52.5 Å². The van der Waals surface area contributed by atoms with Crippen molar-refractivity contribution in [2.45, 2.75) is 25.3 Å². The van der Waals surface area contributed by atoms with E-state index in [1.54, 1.807) is 41.5 Å². The number of hydrogen-bond acceptors (Lipinski definition) is 4. The van der Waals surface area contributed by atoms with Crippen molar-refractivity contribution in [2.75, 3.05) is 18.4 Å². The Balaban J connectivity index is 1.65. The van der Waals surface area contributed by atoms with E-state index in [2.05, 4.69) is 15.8 Å². The van der Waals surface area contributed by atoms with Gasteiger partial charge in [-0.2, -0.15) is 5.10 Å². The SMILES string of the molecule is O=C(NN1CCCC1)c1c(C(F)F)nn2c1NC=C(c1ccccc1Cl)C2c1ccc(Cl)cc1. The van der Waals surface area contributed by atoms with Gasteiger partial charge in [-0.15, -0.1) is 0 Å². The molecule has 1 saturated heterocycles. The normalized spacial score (nSPS) is 17.9. The third-order valence-corrected chi connectivity index (χ3v) is 6.59. The highest BCUT2D eigenvalue weighted by molar-refractivity contribution is 6.32. The van der Waals surface area contributed by atoms with Crippen LogP contribution < -0.4 is 10.7 Å². The molecule has 1 atom stereocenters. The minimum atomic E-state index is -2.94. The number of amides is 1. The first-order chi connectivity index (χ1) is 16.4. The number of rotatable bonds is 5. The van der Waals surface area contributed by atoms with Crippen LogP contribution in [0.25, 0.3) is 5.57 Å². The Hall–Kier alpha value is -2.94. The van der Waals surface area contributed by atoms with Gasteiger partial charge in [0.2, 0.25) is 0 Å². The maximum absolute atomic E-state index is 14.1. The van der Waals surface area contributed by atoms with E-state index in [4.69, 9.17) is 23.2 Å². The van der Waals surface area contributed by atoms with Crippen molar-refractivity contribution in [1.82, 2.24) is 20.2 Å². The van der Waals surface area contributed by atoms with E-state index in [-0.39, 0.29) is 11.4 Å². The average Bonchev–Trinajstić information content (AvgIpc) is 3.47. The van der Waals surface area contributed by atoms with Crippen molar-refractivity contribution >= 4 is 40.5 Å². The van der Waals surface area contributed by atoms with Crippen LogP contribution in [0.2, 0.25) is 10.0 Å². The van der Waals surface area contributed by atoms with Crippen LogP contribution in [0.15, 0.2) is 54.7 Å². The molecule has 5 rings (SSSR count). The topological polar surface area (TPSA) is 62.2 Å². The number of halogens is 4. The molecule has 176 valence electrons. The van der Waals surface area contributed by atoms with Crippen LogP contribution >= 0.6 is 23.2 Å². The van der Waals surface area contributed by atoms with Gasteiger partial charge >= 0.3 is 0 Å². The Labute approximate surface area is 205 Å². The van der Waals surface area contributed by atoms with Gasteiger partial charge < -0.3 is 5.32 Å². The second kappa shape index (κ2) is 9.37. The summed E-state index contributed by atoms with van der Waals surface area (Å²) >= 11 is 12.6. The quantitative estimate of drug-likeness (QED) is 0.453. The first kappa shape index (κ1) is 22.8. The number of alkyl halides is 2. The predicted octanol–water partition coefficient (Wildman–Crippen LogP) is 5.92. The summed E-state index contributed by atoms with van der Waals surface area (Å²) in [5.74, 6) is -0.418. The molecular formula is C24H21Cl2F2N5O. The highest BCUT2D eigenvalue weighted by Gasteiger charge is 2.36. The smallest absolute Gasteiger partial charge is 0.283 e. The summed E-state index contributed by atoms with van der Waals surface area (Å²) in [4.78, 5) is 13.1. The molecule has 0 saturated carbocycles. The van der Waals surface area contributed by atoms with Crippen molar-refractivity contribution in [3.05, 3.63) is 87.2 Å². The molecular weight excluding hydrogens is 483 g/mol. The molecule has 2 aliphatic heterocycles. The lowest BCUT2D eigenvalue weighted by atomic mass is 9.92. The summed E-state index contributed by atoms with van der Waals surface area (Å²) in [5, 5.41) is 10.1. The summed E-state index contributed by atoms with van der Waals surface area (Å²) in [7, 11) is 0. The number of carbonyl (C=O) groups is 1. The maximum atomic E-state index is 14.1. The molecule has 1 fully saturated rings. The lowest BCUT2D eigenvalue weighted by Gasteiger charge is -2.29. The molecule has 1 amide bonds. The molecule has 0 radical (unpaired) electrons. The zero-order chi connectivity index (χ0) is 23.8. The Bertz CT molecular complexity index is 1250. The molecule has 1 unspecified atom stereocenters. The van der Waals surface area contributed by atoms with Crippen LogP contribution in [0.3, 0.4) is 0 Å². The number of nitrogens with one attached hydrogen (secondary N) is 2. The Morgan fingerprint density at radius 1 is 1.09 bits per heavy atom. The number of aromatic nitrogens is 2. The second-order valence-electron chi connectivity index (χ2n) is 8.17. The number of benzene rings is 2. The highest BCUT2D eigenvalue weighted by Crippen LogP contribution is 2.43. The van der Waals surface area contributed by atoms with Crippen molar-refractivity contribution in [3.8, 4) is 0 Å². The van der Waals surface area contributed by atoms with E-state index in [9.17, 15) is 13.6 Å². The summed E-state index contributed by atoms with van der Waals surface area (Å²) in [6.07, 6.45) is 0.636. The van der Waals surface area contributed by atoms with E-state index in [0.717, 1.165) is 29.5 Å². The molecule has 3 heterocycles. The molecule has 0 bridgehead atoms. The van der Waals surface area contributed by atoms with Crippen LogP contribution in [-0.2, 0) is 0 Å². The molecule has 0 aliphatic carbocycles. The van der Waals surface area contributed by atoms with Gasteiger partial charge in [-0.3, -0.25) is 10.2 Å². The predicted molar refractivity (Wildman–Crippen MR) is 128 cm³/mol. The largest absolute Gasteiger partial charge is 0.346 e. The van der Waals surface area contributed by atoms with Crippen LogP contribution in [-0.4, -0.2) is 33.8 Å². The fraction of sp³-hybridized carbons (Fsp3) is 0.250. The van der Waals surface area contributed by atoms with Gasteiger partial charge in [0.05, 0.1) is 0 Å². The number of hydrazine groups is 1. The van der Waals surface area contributed by atoms with E-state index < -0.39 is 24.1 Å². The molecule has 2 aromatic carbocycles. The maximum Gasteiger partial charge on any atom is 0.283 e. The van der Waals surface area contributed by atoms with Crippen molar-refractivity contribution in [1.29, 1.82) is 0 Å². The lowest BCUT2D eigenvalue weighted by molar-refractivity contribution is 0.0814. The van der Waals surface area contributed by atoms with Crippen molar-refractivity contribution in [2.24, 2.45) is 0 Å². The summed E-state index contributed by atoms with van der Waals surface area (Å²) in [6, 6.07) is 13.7. The number of anilines is 1. The van der Waals surface area contributed by atoms with Crippen LogP contribution in [0.5, 0.6) is 0 Å². The van der Waals surface area contributed by atoms with E-state index in [1.165, 1.54) is 4.68 Å². The number of fused-ring (bicyclic) bond motifs is 1. The minimum absolute atomic E-state index is 0.171. The summed E-state index contributed by atoms with van der Waals surface area (Å²) < 4.78 is 29.6. The molecule has 3 aromatic rings. The Kier molecular flexibility index (Phi) is 6.29. The second-order valence-corrected chi connectivity index (χ2v) is 9.01. The van der Waals surface area contributed by atoms with Crippen molar-refractivity contribution < 1.29 is 13.6 Å². The number of carbonyl (C=O) groups excluding carboxylic acids is 1. The van der Waals surface area contributed by atoms with Gasteiger partial charge in [0.1, 0.15) is 23.1 Å².